The fourth-order valence-electron chi connectivity index (χ4n) is 1.86. The first-order chi connectivity index (χ1) is 6.18. The van der Waals surface area contributed by atoms with Crippen LogP contribution in [0.2, 0.25) is 0 Å². The summed E-state index contributed by atoms with van der Waals surface area (Å²) in [6.45, 7) is 5.25. The normalized spacial score (nSPS) is 18.2. The van der Waals surface area contributed by atoms with Crippen LogP contribution in [0.3, 0.4) is 0 Å². The van der Waals surface area contributed by atoms with Crippen LogP contribution in [0.5, 0.6) is 0 Å². The highest BCUT2D eigenvalue weighted by atomic mass is 16.5. The van der Waals surface area contributed by atoms with E-state index in [2.05, 4.69) is 6.58 Å². The molecule has 1 aliphatic rings. The second kappa shape index (κ2) is 5.05. The number of hydrogen-bond acceptors (Lipinski definition) is 2. The molecule has 0 bridgehead atoms. The fraction of sp³-hybridized carbons (Fsp3) is 0.727. The molecular weight excluding hydrogens is 164 g/mol. The summed E-state index contributed by atoms with van der Waals surface area (Å²) in [6.07, 6.45) is 6.81. The minimum absolute atomic E-state index is 0.112. The Bertz CT molecular complexity index is 190. The molecule has 0 unspecified atom stereocenters. The molecule has 0 spiro atoms. The molecule has 0 aromatic heterocycles. The third kappa shape index (κ3) is 4.11. The van der Waals surface area contributed by atoms with Gasteiger partial charge in [0.25, 0.3) is 0 Å². The topological polar surface area (TPSA) is 26.3 Å². The van der Waals surface area contributed by atoms with E-state index in [0.29, 0.717) is 18.1 Å². The summed E-state index contributed by atoms with van der Waals surface area (Å²) in [4.78, 5) is 11.2. The fourth-order valence-corrected chi connectivity index (χ4v) is 1.86. The van der Waals surface area contributed by atoms with Crippen molar-refractivity contribution < 1.29 is 9.53 Å². The minimum Gasteiger partial charge on any atom is -0.432 e. The van der Waals surface area contributed by atoms with E-state index in [1.807, 2.05) is 0 Å². The average molecular weight is 182 g/mol. The lowest BCUT2D eigenvalue weighted by Crippen LogP contribution is -2.13. The van der Waals surface area contributed by atoms with Gasteiger partial charge in [0.05, 0.1) is 5.76 Å². The zero-order valence-corrected chi connectivity index (χ0v) is 8.34. The molecule has 1 rings (SSSR count). The van der Waals surface area contributed by atoms with E-state index in [9.17, 15) is 4.79 Å². The Morgan fingerprint density at radius 2 is 2.00 bits per heavy atom. The van der Waals surface area contributed by atoms with Crippen LogP contribution >= 0.6 is 0 Å². The zero-order valence-electron chi connectivity index (χ0n) is 8.34. The van der Waals surface area contributed by atoms with Crippen molar-refractivity contribution in [3.8, 4) is 0 Å². The van der Waals surface area contributed by atoms with E-state index < -0.39 is 0 Å². The Morgan fingerprint density at radius 3 is 2.54 bits per heavy atom. The van der Waals surface area contributed by atoms with E-state index >= 15 is 0 Å². The molecule has 0 amide bonds. The minimum atomic E-state index is -0.112. The third-order valence-electron chi connectivity index (χ3n) is 2.47. The van der Waals surface area contributed by atoms with Gasteiger partial charge >= 0.3 is 5.97 Å². The lowest BCUT2D eigenvalue weighted by Gasteiger charge is -2.20. The first-order valence-corrected chi connectivity index (χ1v) is 5.04. The average Bonchev–Trinajstić information content (AvgIpc) is 2.04. The second-order valence-electron chi connectivity index (χ2n) is 3.88. The molecule has 2 heteroatoms. The standard InChI is InChI=1S/C11H18O2/c1-9(2)13-11(12)8-10-6-4-3-5-7-10/h10H,1,3-8H2,2H3. The molecule has 0 N–H and O–H groups in total. The van der Waals surface area contributed by atoms with Gasteiger partial charge in [-0.1, -0.05) is 25.8 Å². The van der Waals surface area contributed by atoms with Crippen LogP contribution in [0.1, 0.15) is 45.4 Å². The van der Waals surface area contributed by atoms with Crippen molar-refractivity contribution in [3.05, 3.63) is 12.3 Å². The maximum atomic E-state index is 11.2. The summed E-state index contributed by atoms with van der Waals surface area (Å²) in [6, 6.07) is 0. The van der Waals surface area contributed by atoms with Gasteiger partial charge in [-0.25, -0.2) is 0 Å². The van der Waals surface area contributed by atoms with Crippen molar-refractivity contribution in [1.82, 2.24) is 0 Å². The Kier molecular flexibility index (Phi) is 4.00. The summed E-state index contributed by atoms with van der Waals surface area (Å²) in [5, 5.41) is 0. The van der Waals surface area contributed by atoms with Gasteiger partial charge in [-0.3, -0.25) is 4.79 Å². The van der Waals surface area contributed by atoms with Gasteiger partial charge in [-0.15, -0.1) is 0 Å². The van der Waals surface area contributed by atoms with Crippen LogP contribution in [0, 0.1) is 5.92 Å². The molecule has 0 heterocycles. The molecule has 1 saturated carbocycles. The van der Waals surface area contributed by atoms with Crippen LogP contribution in [0.25, 0.3) is 0 Å². The third-order valence-corrected chi connectivity index (χ3v) is 2.47. The lowest BCUT2D eigenvalue weighted by molar-refractivity contribution is -0.140. The van der Waals surface area contributed by atoms with Gasteiger partial charge < -0.3 is 4.74 Å². The molecule has 1 fully saturated rings. The van der Waals surface area contributed by atoms with Crippen molar-refractivity contribution in [2.45, 2.75) is 45.4 Å². The van der Waals surface area contributed by atoms with E-state index in [1.165, 1.54) is 32.1 Å². The van der Waals surface area contributed by atoms with Crippen LogP contribution in [0.15, 0.2) is 12.3 Å². The van der Waals surface area contributed by atoms with Gasteiger partial charge in [0.1, 0.15) is 0 Å². The summed E-state index contributed by atoms with van der Waals surface area (Å²) in [5.74, 6) is 0.945. The highest BCUT2D eigenvalue weighted by molar-refractivity contribution is 5.70. The first kappa shape index (κ1) is 10.3. The maximum absolute atomic E-state index is 11.2. The molecule has 0 aliphatic heterocycles. The van der Waals surface area contributed by atoms with Gasteiger partial charge in [-0.05, 0) is 25.7 Å². The molecular formula is C11H18O2. The van der Waals surface area contributed by atoms with Crippen molar-refractivity contribution in [3.63, 3.8) is 0 Å². The van der Waals surface area contributed by atoms with Gasteiger partial charge in [0.2, 0.25) is 0 Å². The van der Waals surface area contributed by atoms with Crippen LogP contribution in [-0.4, -0.2) is 5.97 Å². The summed E-state index contributed by atoms with van der Waals surface area (Å²) >= 11 is 0. The Balaban J connectivity index is 2.22. The number of hydrogen-bond donors (Lipinski definition) is 0. The van der Waals surface area contributed by atoms with Crippen molar-refractivity contribution in [1.29, 1.82) is 0 Å². The Morgan fingerprint density at radius 1 is 1.38 bits per heavy atom. The number of ether oxygens (including phenoxy) is 1. The van der Waals surface area contributed by atoms with Crippen molar-refractivity contribution >= 4 is 5.97 Å². The maximum Gasteiger partial charge on any atom is 0.311 e. The molecule has 1 aliphatic carbocycles. The number of carbonyl (C=O) groups excluding carboxylic acids is 1. The zero-order chi connectivity index (χ0) is 9.68. The number of carbonyl (C=O) groups is 1. The number of allylic oxidation sites excluding steroid dienone is 1. The van der Waals surface area contributed by atoms with E-state index in [1.54, 1.807) is 6.92 Å². The Hall–Kier alpha value is -0.790. The Labute approximate surface area is 80.0 Å². The lowest BCUT2D eigenvalue weighted by atomic mass is 9.87. The monoisotopic (exact) mass is 182 g/mol. The molecule has 13 heavy (non-hydrogen) atoms. The molecule has 0 aromatic carbocycles. The largest absolute Gasteiger partial charge is 0.432 e. The first-order valence-electron chi connectivity index (χ1n) is 5.04. The predicted molar refractivity (Wildman–Crippen MR) is 52.1 cm³/mol. The second-order valence-corrected chi connectivity index (χ2v) is 3.88. The number of esters is 1. The molecule has 0 radical (unpaired) electrons. The van der Waals surface area contributed by atoms with Crippen LogP contribution in [-0.2, 0) is 9.53 Å². The van der Waals surface area contributed by atoms with Gasteiger partial charge in [0, 0.05) is 6.42 Å². The highest BCUT2D eigenvalue weighted by Gasteiger charge is 2.17. The predicted octanol–water partition coefficient (Wildman–Crippen LogP) is 3.03. The number of rotatable bonds is 3. The van der Waals surface area contributed by atoms with E-state index in [0.717, 1.165) is 0 Å². The van der Waals surface area contributed by atoms with Crippen LogP contribution in [0.4, 0.5) is 0 Å². The summed E-state index contributed by atoms with van der Waals surface area (Å²) in [7, 11) is 0. The van der Waals surface area contributed by atoms with Crippen LogP contribution < -0.4 is 0 Å². The van der Waals surface area contributed by atoms with Crippen molar-refractivity contribution in [2.75, 3.05) is 0 Å². The highest BCUT2D eigenvalue weighted by Crippen LogP contribution is 2.26. The van der Waals surface area contributed by atoms with E-state index in [4.69, 9.17) is 4.74 Å². The molecule has 0 saturated heterocycles. The molecule has 0 aromatic rings. The summed E-state index contributed by atoms with van der Waals surface area (Å²) < 4.78 is 4.92. The smallest absolute Gasteiger partial charge is 0.311 e. The molecule has 74 valence electrons. The quantitative estimate of drug-likeness (QED) is 0.495. The SMILES string of the molecule is C=C(C)OC(=O)CC1CCCCC1. The van der Waals surface area contributed by atoms with Gasteiger partial charge in [0.15, 0.2) is 0 Å². The van der Waals surface area contributed by atoms with Gasteiger partial charge in [-0.2, -0.15) is 0 Å². The molecule has 0 atom stereocenters. The summed E-state index contributed by atoms with van der Waals surface area (Å²) in [5.41, 5.74) is 0. The molecule has 2 nitrogen and oxygen atoms in total. The van der Waals surface area contributed by atoms with Crippen molar-refractivity contribution in [2.24, 2.45) is 5.92 Å². The van der Waals surface area contributed by atoms with E-state index in [-0.39, 0.29) is 5.97 Å².